The number of hydroxylamine groups is 1. The molecule has 0 aliphatic carbocycles. The van der Waals surface area contributed by atoms with Crippen LogP contribution < -0.4 is 5.48 Å². The zero-order chi connectivity index (χ0) is 7.70. The van der Waals surface area contributed by atoms with Gasteiger partial charge >= 0.3 is 0 Å². The third-order valence-corrected chi connectivity index (χ3v) is 0.671. The van der Waals surface area contributed by atoms with Crippen molar-refractivity contribution in [3.8, 4) is 0 Å². The Kier molecular flexibility index (Phi) is 14.0. The molecule has 0 spiro atoms. The average molecular weight is 136 g/mol. The molecule has 3 heteroatoms. The molecule has 0 radical (unpaired) electrons. The summed E-state index contributed by atoms with van der Waals surface area (Å²) in [7, 11) is 3.91. The summed E-state index contributed by atoms with van der Waals surface area (Å²) in [4.78, 5) is 1.99. The van der Waals surface area contributed by atoms with Gasteiger partial charge in [0.05, 0.1) is 0 Å². The Morgan fingerprint density at radius 3 is 2.00 bits per heavy atom. The topological polar surface area (TPSA) is 35.5 Å². The van der Waals surface area contributed by atoms with Gasteiger partial charge in [-0.1, -0.05) is 13.8 Å². The van der Waals surface area contributed by atoms with Crippen molar-refractivity contribution in [1.29, 1.82) is 0 Å². The molecule has 60 valence electrons. The van der Waals surface area contributed by atoms with Crippen molar-refractivity contribution in [1.82, 2.24) is 10.4 Å². The van der Waals surface area contributed by atoms with Crippen LogP contribution in [-0.2, 0) is 0 Å². The summed E-state index contributed by atoms with van der Waals surface area (Å²) in [5.74, 6) is 0. The fraction of sp³-hybridized carbons (Fsp3) is 1.00. The fourth-order valence-corrected chi connectivity index (χ4v) is 0.274. The highest BCUT2D eigenvalue weighted by molar-refractivity contribution is 4.40. The fourth-order valence-electron chi connectivity index (χ4n) is 0.274. The predicted molar refractivity (Wildman–Crippen MR) is 41.8 cm³/mol. The molecule has 9 heavy (non-hydrogen) atoms. The molecule has 0 aromatic heterocycles. The van der Waals surface area contributed by atoms with Crippen LogP contribution in [0.5, 0.6) is 0 Å². The molecule has 0 aliphatic heterocycles. The van der Waals surface area contributed by atoms with Crippen molar-refractivity contribution in [2.24, 2.45) is 0 Å². The van der Waals surface area contributed by atoms with E-state index in [9.17, 15) is 0 Å². The van der Waals surface area contributed by atoms with E-state index < -0.39 is 0 Å². The van der Waals surface area contributed by atoms with Gasteiger partial charge in [0.1, 0.15) is 0 Å². The maximum Gasteiger partial charge on any atom is 0.0335 e. The Labute approximate surface area is 59.1 Å². The molecule has 0 aromatic carbocycles. The normalized spacial score (nSPS) is 8.67. The first-order chi connectivity index (χ1) is 4.27. The van der Waals surface area contributed by atoms with Crippen LogP contribution >= 0.6 is 0 Å². The highest BCUT2D eigenvalue weighted by atomic mass is 16.5. The average Bonchev–Trinajstić information content (AvgIpc) is 1.88. The second-order valence-electron chi connectivity index (χ2n) is 1.71. The lowest BCUT2D eigenvalue weighted by atomic mass is 10.6. The number of nitrogens with zero attached hydrogens (tertiary/aromatic N) is 1. The van der Waals surface area contributed by atoms with Gasteiger partial charge in [-0.3, -0.25) is 0 Å². The first kappa shape index (κ1) is 11.6. The van der Waals surface area contributed by atoms with Crippen LogP contribution in [0.3, 0.4) is 0 Å². The van der Waals surface area contributed by atoms with Gasteiger partial charge in [0.15, 0.2) is 0 Å². The molecule has 0 fully saturated rings. The van der Waals surface area contributed by atoms with Crippen LogP contribution in [0.25, 0.3) is 0 Å². The lowest BCUT2D eigenvalue weighted by Crippen LogP contribution is -2.23. The predicted octanol–water partition coefficient (Wildman–Crippen LogP) is 0.799. The largest absolute Gasteiger partial charge is 0.317 e. The molecule has 0 atom stereocenters. The summed E-state index contributed by atoms with van der Waals surface area (Å²) < 4.78 is 0. The maximum absolute atomic E-state index is 8.04. The van der Waals surface area contributed by atoms with Crippen molar-refractivity contribution in [2.75, 3.05) is 27.2 Å². The molecule has 3 nitrogen and oxygen atoms in total. The van der Waals surface area contributed by atoms with Crippen LogP contribution in [0.4, 0.5) is 0 Å². The molecule has 0 heterocycles. The number of likely N-dealkylation sites (N-methyl/N-ethyl adjacent to an activating group) is 1. The number of nitrogens with one attached hydrogen (secondary N) is 1. The summed E-state index contributed by atoms with van der Waals surface area (Å²) in [5.41, 5.74) is 2.06. The van der Waals surface area contributed by atoms with Gasteiger partial charge in [0.2, 0.25) is 0 Å². The van der Waals surface area contributed by atoms with E-state index >= 15 is 0 Å². The highest BCUT2D eigenvalue weighted by Crippen LogP contribution is 1.66. The van der Waals surface area contributed by atoms with Gasteiger partial charge in [0.25, 0.3) is 0 Å². The third-order valence-electron chi connectivity index (χ3n) is 0.671. The Morgan fingerprint density at radius 1 is 1.44 bits per heavy atom. The van der Waals surface area contributed by atoms with Gasteiger partial charge in [-0.05, 0) is 14.1 Å². The summed E-state index contributed by atoms with van der Waals surface area (Å²) in [6.07, 6.45) is 0. The number of hydrogen-bond donors (Lipinski definition) is 2. The molecule has 0 aliphatic rings. The quantitative estimate of drug-likeness (QED) is 0.563. The van der Waals surface area contributed by atoms with Gasteiger partial charge in [-0.2, -0.15) is 0 Å². The molecule has 0 bridgehead atoms. The summed E-state index contributed by atoms with van der Waals surface area (Å²) in [5, 5.41) is 8.04. The first-order valence-corrected chi connectivity index (χ1v) is 3.29. The molecular weight excluding hydrogens is 116 g/mol. The van der Waals surface area contributed by atoms with Crippen molar-refractivity contribution >= 4 is 0 Å². The van der Waals surface area contributed by atoms with Crippen LogP contribution in [0.1, 0.15) is 15.3 Å². The van der Waals surface area contributed by atoms with Gasteiger partial charge in [-0.15, -0.1) is 0 Å². The second kappa shape index (κ2) is 10.8. The van der Waals surface area contributed by atoms with Crippen molar-refractivity contribution in [3.63, 3.8) is 0 Å². The molecule has 0 rings (SSSR count). The van der Waals surface area contributed by atoms with Crippen molar-refractivity contribution in [2.45, 2.75) is 13.8 Å². The van der Waals surface area contributed by atoms with E-state index in [1.807, 2.05) is 32.8 Å². The minimum absolute atomic E-state index is 0. The van der Waals surface area contributed by atoms with Crippen LogP contribution in [0.2, 0.25) is 0 Å². The smallest absolute Gasteiger partial charge is 0.0335 e. The summed E-state index contributed by atoms with van der Waals surface area (Å²) in [6, 6.07) is 0. The van der Waals surface area contributed by atoms with E-state index in [1.54, 1.807) is 0 Å². The lowest BCUT2D eigenvalue weighted by molar-refractivity contribution is 0.157. The Balaban J connectivity index is -0.000000149. The minimum atomic E-state index is 0. The van der Waals surface area contributed by atoms with Crippen LogP contribution in [0, 0.1) is 0 Å². The van der Waals surface area contributed by atoms with E-state index in [2.05, 4.69) is 5.48 Å². The molecule has 0 unspecified atom stereocenters. The Bertz CT molecular complexity index is 44.7. The van der Waals surface area contributed by atoms with Crippen molar-refractivity contribution < 1.29 is 6.63 Å². The van der Waals surface area contributed by atoms with E-state index in [0.29, 0.717) is 6.54 Å². The molecule has 0 saturated heterocycles. The van der Waals surface area contributed by atoms with Gasteiger partial charge in [0, 0.05) is 14.5 Å². The molecule has 0 saturated carbocycles. The molecule has 0 amide bonds. The Hall–Kier alpha value is -0.120. The minimum Gasteiger partial charge on any atom is -0.317 e. The second-order valence-corrected chi connectivity index (χ2v) is 1.71. The van der Waals surface area contributed by atoms with E-state index in [-0.39, 0.29) is 1.43 Å². The number of rotatable bonds is 3. The number of hydrogen-bond acceptors (Lipinski definition) is 3. The van der Waals surface area contributed by atoms with E-state index in [4.69, 9.17) is 5.21 Å². The summed E-state index contributed by atoms with van der Waals surface area (Å²) >= 11 is 0. The standard InChI is InChI=1S/C4H12N2O.C2H6.H2/c1-6(2)4-3-5-7;1-2;/h5,7H,3-4H2,1-2H3;1-2H3;1H. The van der Waals surface area contributed by atoms with E-state index in [0.717, 1.165) is 6.54 Å². The zero-order valence-corrected chi connectivity index (χ0v) is 6.81. The maximum atomic E-state index is 8.04. The molecule has 2 N–H and O–H groups in total. The van der Waals surface area contributed by atoms with Crippen molar-refractivity contribution in [3.05, 3.63) is 0 Å². The zero-order valence-electron chi connectivity index (χ0n) is 6.81. The van der Waals surface area contributed by atoms with Crippen LogP contribution in [-0.4, -0.2) is 37.3 Å². The monoisotopic (exact) mass is 136 g/mol. The summed E-state index contributed by atoms with van der Waals surface area (Å²) in [6.45, 7) is 5.50. The third kappa shape index (κ3) is 18.1. The highest BCUT2D eigenvalue weighted by Gasteiger charge is 1.83. The van der Waals surface area contributed by atoms with Gasteiger partial charge < -0.3 is 10.1 Å². The molecular formula is C6H20N2O. The molecule has 0 aromatic rings. The Morgan fingerprint density at radius 2 is 1.89 bits per heavy atom. The first-order valence-electron chi connectivity index (χ1n) is 3.29. The van der Waals surface area contributed by atoms with Gasteiger partial charge in [-0.25, -0.2) is 5.48 Å². The SMILES string of the molecule is CC.CN(C)CCNO.[HH]. The van der Waals surface area contributed by atoms with Crippen LogP contribution in [0.15, 0.2) is 0 Å². The lowest BCUT2D eigenvalue weighted by Gasteiger charge is -2.05. The van der Waals surface area contributed by atoms with E-state index in [1.165, 1.54) is 0 Å².